The van der Waals surface area contributed by atoms with Gasteiger partial charge in [-0.1, -0.05) is 0 Å². The molecule has 1 aromatic heterocycles. The lowest BCUT2D eigenvalue weighted by Gasteiger charge is -2.33. The third-order valence-electron chi connectivity index (χ3n) is 3.56. The zero-order valence-corrected chi connectivity index (χ0v) is 9.69. The maximum absolute atomic E-state index is 5.44. The Labute approximate surface area is 94.6 Å². The van der Waals surface area contributed by atoms with Crippen molar-refractivity contribution in [3.8, 4) is 0 Å². The highest BCUT2D eigenvalue weighted by Gasteiger charge is 2.29. The number of hydrogen-bond acceptors (Lipinski definition) is 3. The molecule has 1 unspecified atom stereocenters. The third-order valence-corrected chi connectivity index (χ3v) is 4.60. The molecule has 1 atom stereocenters. The molecule has 3 heterocycles. The quantitative estimate of drug-likeness (QED) is 0.789. The van der Waals surface area contributed by atoms with Crippen molar-refractivity contribution >= 4 is 11.3 Å². The van der Waals surface area contributed by atoms with Crippen molar-refractivity contribution in [1.29, 1.82) is 0 Å². The molecule has 2 aliphatic heterocycles. The SMILES string of the molecule is c1cc2c(s1)C(C1CCOCC1)NCC2. The summed E-state index contributed by atoms with van der Waals surface area (Å²) in [5.41, 5.74) is 1.58. The molecule has 2 aliphatic rings. The van der Waals surface area contributed by atoms with Gasteiger partial charge in [-0.2, -0.15) is 0 Å². The van der Waals surface area contributed by atoms with Crippen LogP contribution in [-0.2, 0) is 11.2 Å². The standard InChI is InChI=1S/C12H17NOS/c1-5-13-11(9-2-6-14-7-3-9)12-10(1)4-8-15-12/h4,8-9,11,13H,1-3,5-7H2. The average Bonchev–Trinajstić information content (AvgIpc) is 2.78. The van der Waals surface area contributed by atoms with Crippen molar-refractivity contribution in [2.24, 2.45) is 5.92 Å². The Morgan fingerprint density at radius 2 is 2.20 bits per heavy atom. The van der Waals surface area contributed by atoms with Crippen molar-refractivity contribution in [2.45, 2.75) is 25.3 Å². The Bertz CT molecular complexity index is 330. The molecule has 0 spiro atoms. The zero-order chi connectivity index (χ0) is 10.1. The first kappa shape index (κ1) is 9.82. The lowest BCUT2D eigenvalue weighted by atomic mass is 9.87. The van der Waals surface area contributed by atoms with Crippen molar-refractivity contribution < 1.29 is 4.74 Å². The molecule has 0 aliphatic carbocycles. The second kappa shape index (κ2) is 4.24. The summed E-state index contributed by atoms with van der Waals surface area (Å²) in [5, 5.41) is 5.93. The molecule has 0 amide bonds. The summed E-state index contributed by atoms with van der Waals surface area (Å²) in [6.07, 6.45) is 3.64. The third kappa shape index (κ3) is 1.84. The van der Waals surface area contributed by atoms with E-state index in [9.17, 15) is 0 Å². The molecule has 1 saturated heterocycles. The van der Waals surface area contributed by atoms with E-state index in [1.165, 1.54) is 19.3 Å². The van der Waals surface area contributed by atoms with Gasteiger partial charge in [-0.15, -0.1) is 11.3 Å². The monoisotopic (exact) mass is 223 g/mol. The fraction of sp³-hybridized carbons (Fsp3) is 0.667. The molecule has 0 bridgehead atoms. The molecule has 0 aromatic carbocycles. The van der Waals surface area contributed by atoms with Gasteiger partial charge >= 0.3 is 0 Å². The maximum atomic E-state index is 5.44. The fourth-order valence-electron chi connectivity index (χ4n) is 2.71. The summed E-state index contributed by atoms with van der Waals surface area (Å²) >= 11 is 1.92. The van der Waals surface area contributed by atoms with Gasteiger partial charge in [0.15, 0.2) is 0 Å². The second-order valence-corrected chi connectivity index (χ2v) is 5.39. The summed E-state index contributed by atoms with van der Waals surface area (Å²) in [6.45, 7) is 3.04. The van der Waals surface area contributed by atoms with Crippen LogP contribution >= 0.6 is 11.3 Å². The van der Waals surface area contributed by atoms with E-state index in [1.807, 2.05) is 11.3 Å². The minimum absolute atomic E-state index is 0.609. The van der Waals surface area contributed by atoms with Crippen LogP contribution in [0.2, 0.25) is 0 Å². The van der Waals surface area contributed by atoms with Crippen LogP contribution in [0.4, 0.5) is 0 Å². The normalized spacial score (nSPS) is 27.6. The van der Waals surface area contributed by atoms with Crippen LogP contribution in [-0.4, -0.2) is 19.8 Å². The van der Waals surface area contributed by atoms with Gasteiger partial charge in [-0.25, -0.2) is 0 Å². The highest BCUT2D eigenvalue weighted by molar-refractivity contribution is 7.10. The Hall–Kier alpha value is -0.380. The molecule has 1 aromatic rings. The van der Waals surface area contributed by atoms with Crippen molar-refractivity contribution in [1.82, 2.24) is 5.32 Å². The van der Waals surface area contributed by atoms with E-state index in [1.54, 1.807) is 10.4 Å². The summed E-state index contributed by atoms with van der Waals surface area (Å²) in [5.74, 6) is 0.788. The van der Waals surface area contributed by atoms with Crippen LogP contribution < -0.4 is 5.32 Å². The lowest BCUT2D eigenvalue weighted by Crippen LogP contribution is -2.36. The first-order chi connectivity index (χ1) is 7.45. The molecular formula is C12H17NOS. The predicted molar refractivity (Wildman–Crippen MR) is 62.3 cm³/mol. The first-order valence-electron chi connectivity index (χ1n) is 5.82. The fourth-order valence-corrected chi connectivity index (χ4v) is 3.83. The van der Waals surface area contributed by atoms with Gasteiger partial charge in [0.1, 0.15) is 0 Å². The van der Waals surface area contributed by atoms with Crippen molar-refractivity contribution in [2.75, 3.05) is 19.8 Å². The van der Waals surface area contributed by atoms with Crippen LogP contribution in [0.5, 0.6) is 0 Å². The van der Waals surface area contributed by atoms with Crippen LogP contribution in [0.1, 0.15) is 29.3 Å². The van der Waals surface area contributed by atoms with Gasteiger partial charge in [0.25, 0.3) is 0 Å². The van der Waals surface area contributed by atoms with Crippen LogP contribution in [0, 0.1) is 5.92 Å². The molecule has 0 radical (unpaired) electrons. The van der Waals surface area contributed by atoms with Gasteiger partial charge in [-0.3, -0.25) is 0 Å². The van der Waals surface area contributed by atoms with E-state index < -0.39 is 0 Å². The minimum Gasteiger partial charge on any atom is -0.381 e. The zero-order valence-electron chi connectivity index (χ0n) is 8.87. The summed E-state index contributed by atoms with van der Waals surface area (Å²) in [7, 11) is 0. The average molecular weight is 223 g/mol. The van der Waals surface area contributed by atoms with Crippen LogP contribution in [0.25, 0.3) is 0 Å². The molecule has 15 heavy (non-hydrogen) atoms. The number of fused-ring (bicyclic) bond motifs is 1. The van der Waals surface area contributed by atoms with E-state index in [4.69, 9.17) is 4.74 Å². The Balaban J connectivity index is 1.82. The van der Waals surface area contributed by atoms with Gasteiger partial charge in [-0.05, 0) is 48.7 Å². The molecule has 3 rings (SSSR count). The molecule has 0 saturated carbocycles. The maximum Gasteiger partial charge on any atom is 0.0469 e. The number of thiophene rings is 1. The van der Waals surface area contributed by atoms with Gasteiger partial charge in [0, 0.05) is 24.1 Å². The van der Waals surface area contributed by atoms with E-state index in [-0.39, 0.29) is 0 Å². The number of hydrogen-bond donors (Lipinski definition) is 1. The predicted octanol–water partition coefficient (Wildman–Crippen LogP) is 2.36. The smallest absolute Gasteiger partial charge is 0.0469 e. The number of ether oxygens (including phenoxy) is 1. The Morgan fingerprint density at radius 1 is 1.33 bits per heavy atom. The van der Waals surface area contributed by atoms with Crippen LogP contribution in [0.3, 0.4) is 0 Å². The van der Waals surface area contributed by atoms with Gasteiger partial charge in [0.2, 0.25) is 0 Å². The number of rotatable bonds is 1. The summed E-state index contributed by atoms with van der Waals surface area (Å²) in [4.78, 5) is 1.59. The Kier molecular flexibility index (Phi) is 2.77. The molecular weight excluding hydrogens is 206 g/mol. The van der Waals surface area contributed by atoms with Crippen molar-refractivity contribution in [3.05, 3.63) is 21.9 Å². The number of nitrogens with one attached hydrogen (secondary N) is 1. The van der Waals surface area contributed by atoms with E-state index in [0.29, 0.717) is 6.04 Å². The first-order valence-corrected chi connectivity index (χ1v) is 6.70. The molecule has 82 valence electrons. The van der Waals surface area contributed by atoms with Gasteiger partial charge < -0.3 is 10.1 Å². The highest BCUT2D eigenvalue weighted by Crippen LogP contribution is 2.36. The Morgan fingerprint density at radius 3 is 3.07 bits per heavy atom. The molecule has 3 heteroatoms. The summed E-state index contributed by atoms with van der Waals surface area (Å²) in [6, 6.07) is 2.91. The van der Waals surface area contributed by atoms with E-state index in [2.05, 4.69) is 16.8 Å². The van der Waals surface area contributed by atoms with Gasteiger partial charge in [0.05, 0.1) is 0 Å². The molecule has 1 fully saturated rings. The van der Waals surface area contributed by atoms with E-state index in [0.717, 1.165) is 25.7 Å². The molecule has 2 nitrogen and oxygen atoms in total. The second-order valence-electron chi connectivity index (χ2n) is 4.44. The highest BCUT2D eigenvalue weighted by atomic mass is 32.1. The topological polar surface area (TPSA) is 21.3 Å². The van der Waals surface area contributed by atoms with Crippen molar-refractivity contribution in [3.63, 3.8) is 0 Å². The van der Waals surface area contributed by atoms with Crippen LogP contribution in [0.15, 0.2) is 11.4 Å². The largest absolute Gasteiger partial charge is 0.381 e. The molecule has 1 N–H and O–H groups in total. The lowest BCUT2D eigenvalue weighted by molar-refractivity contribution is 0.0533. The minimum atomic E-state index is 0.609. The summed E-state index contributed by atoms with van der Waals surface area (Å²) < 4.78 is 5.44. The van der Waals surface area contributed by atoms with E-state index >= 15 is 0 Å².